The molecule has 2 aromatic rings. The number of amides is 1. The van der Waals surface area contributed by atoms with Crippen molar-refractivity contribution in [2.75, 3.05) is 0 Å². The molecular formula is C13H18N4O2. The van der Waals surface area contributed by atoms with Gasteiger partial charge in [0.15, 0.2) is 12.1 Å². The maximum absolute atomic E-state index is 11.9. The molecule has 0 aliphatic heterocycles. The van der Waals surface area contributed by atoms with Crippen molar-refractivity contribution in [2.24, 2.45) is 5.92 Å². The van der Waals surface area contributed by atoms with Crippen molar-refractivity contribution in [3.63, 3.8) is 0 Å². The molecule has 0 aliphatic rings. The Balaban J connectivity index is 1.98. The van der Waals surface area contributed by atoms with E-state index in [0.717, 1.165) is 12.2 Å². The van der Waals surface area contributed by atoms with E-state index < -0.39 is 0 Å². The van der Waals surface area contributed by atoms with Crippen molar-refractivity contribution in [1.82, 2.24) is 19.9 Å². The molecule has 2 rings (SSSR count). The van der Waals surface area contributed by atoms with E-state index in [-0.39, 0.29) is 5.91 Å². The molecule has 0 saturated heterocycles. The lowest BCUT2D eigenvalue weighted by Gasteiger charge is -2.10. The molecule has 19 heavy (non-hydrogen) atoms. The summed E-state index contributed by atoms with van der Waals surface area (Å²) >= 11 is 0. The van der Waals surface area contributed by atoms with Crippen LogP contribution in [0.2, 0.25) is 0 Å². The summed E-state index contributed by atoms with van der Waals surface area (Å²) in [6.07, 6.45) is 4.81. The van der Waals surface area contributed by atoms with E-state index >= 15 is 0 Å². The number of nitrogens with zero attached hydrogens (tertiary/aromatic N) is 3. The van der Waals surface area contributed by atoms with Crippen LogP contribution < -0.4 is 5.32 Å². The average molecular weight is 262 g/mol. The molecule has 0 spiro atoms. The number of oxazole rings is 1. The van der Waals surface area contributed by atoms with E-state index in [1.165, 1.54) is 6.39 Å². The fourth-order valence-corrected chi connectivity index (χ4v) is 1.83. The predicted molar refractivity (Wildman–Crippen MR) is 69.5 cm³/mol. The van der Waals surface area contributed by atoms with Gasteiger partial charge in [0.2, 0.25) is 0 Å². The van der Waals surface area contributed by atoms with Crippen molar-refractivity contribution in [3.05, 3.63) is 36.1 Å². The third-order valence-electron chi connectivity index (χ3n) is 2.75. The number of nitrogens with one attached hydrogen (secondary N) is 1. The fraction of sp³-hybridized carbons (Fsp3) is 0.462. The van der Waals surface area contributed by atoms with Gasteiger partial charge < -0.3 is 14.3 Å². The normalized spacial score (nSPS) is 10.9. The Morgan fingerprint density at radius 2 is 2.32 bits per heavy atom. The summed E-state index contributed by atoms with van der Waals surface area (Å²) in [6, 6.07) is 0. The van der Waals surface area contributed by atoms with Gasteiger partial charge in [0.25, 0.3) is 5.91 Å². The molecule has 0 unspecified atom stereocenters. The smallest absolute Gasteiger partial charge is 0.273 e. The number of hydrogen-bond donors (Lipinski definition) is 1. The Bertz CT molecular complexity index is 556. The van der Waals surface area contributed by atoms with Crippen LogP contribution in [0.1, 0.15) is 35.8 Å². The van der Waals surface area contributed by atoms with Gasteiger partial charge in [-0.1, -0.05) is 13.8 Å². The number of carbonyl (C=O) groups excluding carboxylic acids is 1. The first-order chi connectivity index (χ1) is 9.08. The van der Waals surface area contributed by atoms with Crippen LogP contribution in [0.25, 0.3) is 0 Å². The molecule has 0 fully saturated rings. The second-order valence-electron chi connectivity index (χ2n) is 4.87. The Hall–Kier alpha value is -2.11. The predicted octanol–water partition coefficient (Wildman–Crippen LogP) is 1.77. The molecular weight excluding hydrogens is 244 g/mol. The van der Waals surface area contributed by atoms with Gasteiger partial charge in [0, 0.05) is 12.7 Å². The lowest BCUT2D eigenvalue weighted by atomic mass is 10.2. The maximum atomic E-state index is 11.9. The molecule has 0 aliphatic carbocycles. The Morgan fingerprint density at radius 3 is 2.95 bits per heavy atom. The van der Waals surface area contributed by atoms with Gasteiger partial charge in [-0.05, 0) is 12.8 Å². The minimum Gasteiger partial charge on any atom is -0.448 e. The van der Waals surface area contributed by atoms with Crippen molar-refractivity contribution < 1.29 is 9.21 Å². The zero-order valence-corrected chi connectivity index (χ0v) is 11.4. The van der Waals surface area contributed by atoms with Gasteiger partial charge in [0.1, 0.15) is 5.76 Å². The first-order valence-electron chi connectivity index (χ1n) is 6.25. The minimum atomic E-state index is -0.233. The van der Waals surface area contributed by atoms with Crippen LogP contribution in [0.3, 0.4) is 0 Å². The Labute approximate surface area is 111 Å². The van der Waals surface area contributed by atoms with Crippen LogP contribution >= 0.6 is 0 Å². The molecule has 0 aromatic carbocycles. The molecule has 1 amide bonds. The molecule has 6 heteroatoms. The summed E-state index contributed by atoms with van der Waals surface area (Å²) < 4.78 is 7.05. The quantitative estimate of drug-likeness (QED) is 0.891. The summed E-state index contributed by atoms with van der Waals surface area (Å²) in [5, 5.41) is 2.82. The average Bonchev–Trinajstić information content (AvgIpc) is 2.94. The highest BCUT2D eigenvalue weighted by Crippen LogP contribution is 2.07. The molecule has 0 saturated carbocycles. The summed E-state index contributed by atoms with van der Waals surface area (Å²) in [7, 11) is 0. The van der Waals surface area contributed by atoms with Gasteiger partial charge in [-0.3, -0.25) is 4.79 Å². The highest BCUT2D eigenvalue weighted by Gasteiger charge is 2.13. The minimum absolute atomic E-state index is 0.233. The molecule has 2 heterocycles. The summed E-state index contributed by atoms with van der Waals surface area (Å²) in [6.45, 7) is 7.30. The van der Waals surface area contributed by atoms with Gasteiger partial charge in [0.05, 0.1) is 18.6 Å². The highest BCUT2D eigenvalue weighted by molar-refractivity contribution is 5.92. The summed E-state index contributed by atoms with van der Waals surface area (Å²) in [4.78, 5) is 19.9. The van der Waals surface area contributed by atoms with E-state index in [1.807, 2.05) is 4.57 Å². The number of rotatable bonds is 5. The van der Waals surface area contributed by atoms with E-state index in [2.05, 4.69) is 29.1 Å². The third-order valence-corrected chi connectivity index (χ3v) is 2.75. The number of hydrogen-bond acceptors (Lipinski definition) is 4. The molecule has 6 nitrogen and oxygen atoms in total. The second kappa shape index (κ2) is 5.69. The number of carbonyl (C=O) groups is 1. The monoisotopic (exact) mass is 262 g/mol. The lowest BCUT2D eigenvalue weighted by molar-refractivity contribution is 0.0944. The first kappa shape index (κ1) is 13.3. The first-order valence-corrected chi connectivity index (χ1v) is 6.25. The molecule has 0 radical (unpaired) electrons. The SMILES string of the molecule is Cc1ocnc1C(=O)NCc1cncn1CC(C)C. The molecule has 2 aromatic heterocycles. The van der Waals surface area contributed by atoms with E-state index in [4.69, 9.17) is 4.42 Å². The van der Waals surface area contributed by atoms with Crippen molar-refractivity contribution in [2.45, 2.75) is 33.9 Å². The summed E-state index contributed by atoms with van der Waals surface area (Å²) in [5.74, 6) is 0.818. The van der Waals surface area contributed by atoms with Crippen LogP contribution in [0.15, 0.2) is 23.3 Å². The summed E-state index contributed by atoms with van der Waals surface area (Å²) in [5.41, 5.74) is 1.30. The largest absolute Gasteiger partial charge is 0.448 e. The Kier molecular flexibility index (Phi) is 3.99. The third kappa shape index (κ3) is 3.21. The van der Waals surface area contributed by atoms with E-state index in [0.29, 0.717) is 23.9 Å². The zero-order valence-electron chi connectivity index (χ0n) is 11.4. The fourth-order valence-electron chi connectivity index (χ4n) is 1.83. The zero-order chi connectivity index (χ0) is 13.8. The van der Waals surface area contributed by atoms with Gasteiger partial charge in [-0.15, -0.1) is 0 Å². The van der Waals surface area contributed by atoms with Crippen LogP contribution in [-0.2, 0) is 13.1 Å². The van der Waals surface area contributed by atoms with Crippen LogP contribution in [0, 0.1) is 12.8 Å². The molecule has 102 valence electrons. The second-order valence-corrected chi connectivity index (χ2v) is 4.87. The lowest BCUT2D eigenvalue weighted by Crippen LogP contribution is -2.25. The van der Waals surface area contributed by atoms with Gasteiger partial charge >= 0.3 is 0 Å². The Morgan fingerprint density at radius 1 is 1.53 bits per heavy atom. The van der Waals surface area contributed by atoms with Crippen LogP contribution in [0.4, 0.5) is 0 Å². The van der Waals surface area contributed by atoms with Crippen molar-refractivity contribution >= 4 is 5.91 Å². The molecule has 0 bridgehead atoms. The van der Waals surface area contributed by atoms with Crippen molar-refractivity contribution in [1.29, 1.82) is 0 Å². The topological polar surface area (TPSA) is 73.0 Å². The molecule has 1 N–H and O–H groups in total. The highest BCUT2D eigenvalue weighted by atomic mass is 16.3. The number of imidazole rings is 1. The molecule has 0 atom stereocenters. The van der Waals surface area contributed by atoms with E-state index in [9.17, 15) is 4.79 Å². The number of aromatic nitrogens is 3. The van der Waals surface area contributed by atoms with Gasteiger partial charge in [-0.25, -0.2) is 9.97 Å². The van der Waals surface area contributed by atoms with Crippen LogP contribution in [-0.4, -0.2) is 20.4 Å². The van der Waals surface area contributed by atoms with Crippen molar-refractivity contribution in [3.8, 4) is 0 Å². The number of aryl methyl sites for hydroxylation is 1. The van der Waals surface area contributed by atoms with E-state index in [1.54, 1.807) is 19.4 Å². The van der Waals surface area contributed by atoms with Gasteiger partial charge in [-0.2, -0.15) is 0 Å². The maximum Gasteiger partial charge on any atom is 0.273 e. The van der Waals surface area contributed by atoms with Crippen LogP contribution in [0.5, 0.6) is 0 Å². The standard InChI is InChI=1S/C13H18N4O2/c1-9(2)6-17-7-14-4-11(17)5-15-13(18)12-10(3)19-8-16-12/h4,7-9H,5-6H2,1-3H3,(H,15,18).